The molecule has 21 heavy (non-hydrogen) atoms. The molecule has 1 fully saturated rings. The van der Waals surface area contributed by atoms with Crippen molar-refractivity contribution in [2.75, 3.05) is 6.61 Å². The molecule has 6 nitrogen and oxygen atoms in total. The van der Waals surface area contributed by atoms with Crippen LogP contribution in [-0.4, -0.2) is 41.0 Å². The highest BCUT2D eigenvalue weighted by Crippen LogP contribution is 2.30. The quantitative estimate of drug-likeness (QED) is 0.579. The van der Waals surface area contributed by atoms with E-state index in [0.29, 0.717) is 12.8 Å². The first-order valence-corrected chi connectivity index (χ1v) is 7.44. The van der Waals surface area contributed by atoms with Crippen LogP contribution >= 0.6 is 0 Å². The van der Waals surface area contributed by atoms with E-state index in [1.165, 1.54) is 0 Å². The van der Waals surface area contributed by atoms with Crippen LogP contribution in [0.3, 0.4) is 0 Å². The zero-order valence-electron chi connectivity index (χ0n) is 13.4. The molecule has 6 heteroatoms. The Kier molecular flexibility index (Phi) is 6.01. The monoisotopic (exact) mass is 301 g/mol. The summed E-state index contributed by atoms with van der Waals surface area (Å²) >= 11 is 0. The minimum Gasteiger partial charge on any atom is -0.481 e. The number of rotatable bonds is 6. The number of hydrogen-bond acceptors (Lipinski definition) is 5. The van der Waals surface area contributed by atoms with E-state index in [1.807, 2.05) is 0 Å². The molecule has 1 aliphatic heterocycles. The number of carbonyl (C=O) groups excluding carboxylic acids is 1. The second-order valence-electron chi connectivity index (χ2n) is 6.99. The van der Waals surface area contributed by atoms with E-state index in [0.717, 1.165) is 12.8 Å². The van der Waals surface area contributed by atoms with Crippen molar-refractivity contribution in [1.29, 1.82) is 0 Å². The maximum atomic E-state index is 11.6. The molecule has 0 spiro atoms. The van der Waals surface area contributed by atoms with Crippen molar-refractivity contribution in [1.82, 2.24) is 5.32 Å². The predicted molar refractivity (Wildman–Crippen MR) is 78.2 cm³/mol. The lowest BCUT2D eigenvalue weighted by Crippen LogP contribution is -2.59. The van der Waals surface area contributed by atoms with Gasteiger partial charge in [-0.05, 0) is 40.5 Å². The summed E-state index contributed by atoms with van der Waals surface area (Å²) in [6, 6.07) is 0. The fraction of sp³-hybridized carbons (Fsp3) is 0.867. The molecule has 0 unspecified atom stereocenters. The van der Waals surface area contributed by atoms with Gasteiger partial charge in [0.25, 0.3) is 0 Å². The van der Waals surface area contributed by atoms with Crippen molar-refractivity contribution in [2.24, 2.45) is 0 Å². The molecule has 1 aliphatic rings. The molecule has 122 valence electrons. The Morgan fingerprint density at radius 1 is 1.14 bits per heavy atom. The number of carboxylic acid groups (broad SMARTS) is 1. The molecule has 0 aromatic carbocycles. The summed E-state index contributed by atoms with van der Waals surface area (Å²) < 4.78 is 10.4. The Bertz CT molecular complexity index is 362. The topological polar surface area (TPSA) is 84.9 Å². The Morgan fingerprint density at radius 2 is 1.71 bits per heavy atom. The molecule has 0 saturated carbocycles. The van der Waals surface area contributed by atoms with Gasteiger partial charge in [-0.1, -0.05) is 0 Å². The fourth-order valence-electron chi connectivity index (χ4n) is 3.02. The highest BCUT2D eigenvalue weighted by Gasteiger charge is 2.39. The number of carboxylic acids is 1. The Morgan fingerprint density at radius 3 is 2.24 bits per heavy atom. The van der Waals surface area contributed by atoms with Crippen molar-refractivity contribution in [3.8, 4) is 0 Å². The molecule has 0 amide bonds. The first-order chi connectivity index (χ1) is 9.60. The number of nitrogens with one attached hydrogen (secondary N) is 1. The molecule has 2 N–H and O–H groups in total. The summed E-state index contributed by atoms with van der Waals surface area (Å²) in [5, 5.41) is 12.0. The van der Waals surface area contributed by atoms with Crippen molar-refractivity contribution in [3.63, 3.8) is 0 Å². The standard InChI is InChI=1S/C15H27NO5/c1-14(2)9-11(10-15(3,4)16-14)21-13(19)20-8-6-5-7-12(17)18/h11,16H,5-10H2,1-4H3,(H,17,18). The summed E-state index contributed by atoms with van der Waals surface area (Å²) in [5.74, 6) is -0.836. The Labute approximate surface area is 126 Å². The number of unbranched alkanes of at least 4 members (excludes halogenated alkanes) is 1. The molecular weight excluding hydrogens is 274 g/mol. The van der Waals surface area contributed by atoms with Crippen molar-refractivity contribution in [3.05, 3.63) is 0 Å². The molecular formula is C15H27NO5. The lowest BCUT2D eigenvalue weighted by molar-refractivity contribution is -0.137. The zero-order valence-corrected chi connectivity index (χ0v) is 13.4. The third-order valence-corrected chi connectivity index (χ3v) is 3.42. The molecule has 1 rings (SSSR count). The third kappa shape index (κ3) is 7.32. The van der Waals surface area contributed by atoms with E-state index in [9.17, 15) is 9.59 Å². The van der Waals surface area contributed by atoms with Gasteiger partial charge in [-0.2, -0.15) is 0 Å². The van der Waals surface area contributed by atoms with E-state index in [2.05, 4.69) is 33.0 Å². The molecule has 0 aliphatic carbocycles. The van der Waals surface area contributed by atoms with Gasteiger partial charge in [0.1, 0.15) is 6.10 Å². The number of piperidine rings is 1. The van der Waals surface area contributed by atoms with Gasteiger partial charge in [0.15, 0.2) is 0 Å². The van der Waals surface area contributed by atoms with Gasteiger partial charge in [-0.3, -0.25) is 4.79 Å². The molecule has 0 aromatic heterocycles. The second kappa shape index (κ2) is 7.11. The summed E-state index contributed by atoms with van der Waals surface area (Å²) in [4.78, 5) is 22.0. The van der Waals surface area contributed by atoms with Crippen molar-refractivity contribution >= 4 is 12.1 Å². The minimum atomic E-state index is -0.836. The second-order valence-corrected chi connectivity index (χ2v) is 6.99. The molecule has 0 atom stereocenters. The average Bonchev–Trinajstić information content (AvgIpc) is 2.23. The van der Waals surface area contributed by atoms with Crippen LogP contribution in [0.5, 0.6) is 0 Å². The fourth-order valence-corrected chi connectivity index (χ4v) is 3.02. The Balaban J connectivity index is 2.29. The lowest BCUT2D eigenvalue weighted by Gasteiger charge is -2.45. The third-order valence-electron chi connectivity index (χ3n) is 3.42. The SMILES string of the molecule is CC1(C)CC(OC(=O)OCCCCC(=O)O)CC(C)(C)N1. The van der Waals surface area contributed by atoms with Gasteiger partial charge in [0.2, 0.25) is 0 Å². The highest BCUT2D eigenvalue weighted by atomic mass is 16.7. The number of hydrogen-bond donors (Lipinski definition) is 2. The number of aliphatic carboxylic acids is 1. The lowest BCUT2D eigenvalue weighted by atomic mass is 9.81. The average molecular weight is 301 g/mol. The number of ether oxygens (including phenoxy) is 2. The highest BCUT2D eigenvalue weighted by molar-refractivity contribution is 5.66. The van der Waals surface area contributed by atoms with Crippen LogP contribution in [0.1, 0.15) is 59.8 Å². The summed E-state index contributed by atoms with van der Waals surface area (Å²) in [5.41, 5.74) is -0.178. The van der Waals surface area contributed by atoms with Crippen molar-refractivity contribution < 1.29 is 24.2 Å². The van der Waals surface area contributed by atoms with E-state index in [-0.39, 0.29) is 30.2 Å². The molecule has 0 aromatic rings. The zero-order chi connectivity index (χ0) is 16.1. The Hall–Kier alpha value is -1.30. The first kappa shape index (κ1) is 17.8. The van der Waals surface area contributed by atoms with E-state index in [1.54, 1.807) is 0 Å². The van der Waals surface area contributed by atoms with Crippen LogP contribution in [0.15, 0.2) is 0 Å². The van der Waals surface area contributed by atoms with Gasteiger partial charge in [0, 0.05) is 30.3 Å². The smallest absolute Gasteiger partial charge is 0.481 e. The summed E-state index contributed by atoms with van der Waals surface area (Å²) in [7, 11) is 0. The van der Waals surface area contributed by atoms with Crippen LogP contribution in [0.2, 0.25) is 0 Å². The number of carbonyl (C=O) groups is 2. The van der Waals surface area contributed by atoms with Crippen LogP contribution in [-0.2, 0) is 14.3 Å². The maximum absolute atomic E-state index is 11.6. The maximum Gasteiger partial charge on any atom is 0.508 e. The van der Waals surface area contributed by atoms with Gasteiger partial charge >= 0.3 is 12.1 Å². The van der Waals surface area contributed by atoms with Crippen molar-refractivity contribution in [2.45, 2.75) is 77.0 Å². The minimum absolute atomic E-state index is 0.0891. The van der Waals surface area contributed by atoms with Gasteiger partial charge < -0.3 is 19.9 Å². The summed E-state index contributed by atoms with van der Waals surface area (Å²) in [6.45, 7) is 8.54. The van der Waals surface area contributed by atoms with Crippen LogP contribution in [0, 0.1) is 0 Å². The molecule has 1 heterocycles. The molecule has 1 saturated heterocycles. The van der Waals surface area contributed by atoms with E-state index >= 15 is 0 Å². The predicted octanol–water partition coefficient (Wildman–Crippen LogP) is 2.70. The van der Waals surface area contributed by atoms with Crippen LogP contribution < -0.4 is 5.32 Å². The van der Waals surface area contributed by atoms with Gasteiger partial charge in [0.05, 0.1) is 6.61 Å². The molecule has 0 bridgehead atoms. The summed E-state index contributed by atoms with van der Waals surface area (Å²) in [6.07, 6.45) is 1.77. The van der Waals surface area contributed by atoms with Crippen LogP contribution in [0.4, 0.5) is 4.79 Å². The first-order valence-electron chi connectivity index (χ1n) is 7.44. The molecule has 0 radical (unpaired) electrons. The normalized spacial score (nSPS) is 20.8. The van der Waals surface area contributed by atoms with Gasteiger partial charge in [-0.25, -0.2) is 4.79 Å². The van der Waals surface area contributed by atoms with E-state index < -0.39 is 12.1 Å². The van der Waals surface area contributed by atoms with E-state index in [4.69, 9.17) is 14.6 Å². The van der Waals surface area contributed by atoms with Gasteiger partial charge in [-0.15, -0.1) is 0 Å². The largest absolute Gasteiger partial charge is 0.508 e. The van der Waals surface area contributed by atoms with Crippen LogP contribution in [0.25, 0.3) is 0 Å².